The second kappa shape index (κ2) is 4.58. The number of fused-ring (bicyclic) bond motifs is 1. The molecular weight excluding hydrogens is 222 g/mol. The van der Waals surface area contributed by atoms with Gasteiger partial charge in [0.1, 0.15) is 5.82 Å². The van der Waals surface area contributed by atoms with Crippen LogP contribution in [0.15, 0.2) is 30.5 Å². The van der Waals surface area contributed by atoms with Gasteiger partial charge >= 0.3 is 0 Å². The molecule has 1 unspecified atom stereocenters. The monoisotopic (exact) mass is 241 g/mol. The highest BCUT2D eigenvalue weighted by Gasteiger charge is 2.23. The van der Waals surface area contributed by atoms with Gasteiger partial charge in [-0.3, -0.25) is 0 Å². The molecule has 0 radical (unpaired) electrons. The number of hydrogen-bond donors (Lipinski definition) is 1. The molecule has 0 amide bonds. The number of aromatic nitrogens is 1. The predicted molar refractivity (Wildman–Crippen MR) is 75.7 cm³/mol. The third-order valence-corrected chi connectivity index (χ3v) is 3.90. The topological polar surface area (TPSA) is 42.2 Å². The van der Waals surface area contributed by atoms with Crippen LogP contribution in [0.1, 0.15) is 25.3 Å². The van der Waals surface area contributed by atoms with E-state index in [1.165, 1.54) is 23.6 Å². The molecule has 1 saturated heterocycles. The summed E-state index contributed by atoms with van der Waals surface area (Å²) in [4.78, 5) is 7.08. The van der Waals surface area contributed by atoms with Crippen LogP contribution in [0.2, 0.25) is 0 Å². The van der Waals surface area contributed by atoms with E-state index in [2.05, 4.69) is 41.1 Å². The fraction of sp³-hybridized carbons (Fsp3) is 0.400. The van der Waals surface area contributed by atoms with Gasteiger partial charge in [0.05, 0.1) is 0 Å². The molecule has 2 aromatic rings. The maximum absolute atomic E-state index is 5.79. The highest BCUT2D eigenvalue weighted by atomic mass is 15.2. The Hall–Kier alpha value is -1.61. The first-order chi connectivity index (χ1) is 8.81. The van der Waals surface area contributed by atoms with Crippen LogP contribution in [-0.4, -0.2) is 17.6 Å². The average Bonchev–Trinajstić information content (AvgIpc) is 2.83. The number of benzene rings is 1. The molecule has 0 spiro atoms. The maximum Gasteiger partial charge on any atom is 0.136 e. The Balaban J connectivity index is 2.18. The van der Waals surface area contributed by atoms with Gasteiger partial charge in [0.2, 0.25) is 0 Å². The van der Waals surface area contributed by atoms with E-state index in [1.807, 2.05) is 6.20 Å². The standard InChI is InChI=1S/C15H19N3/c1-11-5-4-8-18(11)15-14-7-3-2-6-13(14)12(9-16)10-17-15/h2-3,6-7,10-11H,4-5,8-9,16H2,1H3. The van der Waals surface area contributed by atoms with Gasteiger partial charge in [-0.1, -0.05) is 24.3 Å². The van der Waals surface area contributed by atoms with Gasteiger partial charge in [0.25, 0.3) is 0 Å². The smallest absolute Gasteiger partial charge is 0.136 e. The van der Waals surface area contributed by atoms with Crippen LogP contribution < -0.4 is 10.6 Å². The highest BCUT2D eigenvalue weighted by molar-refractivity contribution is 5.94. The van der Waals surface area contributed by atoms with Gasteiger partial charge in [0.15, 0.2) is 0 Å². The molecular formula is C15H19N3. The van der Waals surface area contributed by atoms with E-state index in [0.29, 0.717) is 12.6 Å². The molecule has 94 valence electrons. The lowest BCUT2D eigenvalue weighted by atomic mass is 10.1. The number of pyridine rings is 1. The van der Waals surface area contributed by atoms with Gasteiger partial charge < -0.3 is 10.6 Å². The molecule has 0 bridgehead atoms. The summed E-state index contributed by atoms with van der Waals surface area (Å²) >= 11 is 0. The largest absolute Gasteiger partial charge is 0.353 e. The zero-order valence-electron chi connectivity index (χ0n) is 10.8. The second-order valence-corrected chi connectivity index (χ2v) is 5.04. The molecule has 1 aromatic carbocycles. The first kappa shape index (κ1) is 11.5. The minimum Gasteiger partial charge on any atom is -0.353 e. The lowest BCUT2D eigenvalue weighted by molar-refractivity contribution is 0.729. The van der Waals surface area contributed by atoms with Gasteiger partial charge in [-0.05, 0) is 30.7 Å². The van der Waals surface area contributed by atoms with Crippen molar-refractivity contribution in [1.29, 1.82) is 0 Å². The molecule has 0 saturated carbocycles. The Kier molecular flexibility index (Phi) is 2.92. The van der Waals surface area contributed by atoms with Crippen LogP contribution >= 0.6 is 0 Å². The summed E-state index contributed by atoms with van der Waals surface area (Å²) in [5, 5.41) is 2.47. The van der Waals surface area contributed by atoms with E-state index in [0.717, 1.165) is 17.9 Å². The molecule has 1 aliphatic rings. The Bertz CT molecular complexity index is 565. The summed E-state index contributed by atoms with van der Waals surface area (Å²) in [6.45, 7) is 3.93. The average molecular weight is 241 g/mol. The van der Waals surface area contributed by atoms with Gasteiger partial charge in [-0.15, -0.1) is 0 Å². The third kappa shape index (κ3) is 1.75. The first-order valence-corrected chi connectivity index (χ1v) is 6.64. The molecule has 3 nitrogen and oxygen atoms in total. The maximum atomic E-state index is 5.79. The minimum atomic E-state index is 0.545. The molecule has 1 fully saturated rings. The van der Waals surface area contributed by atoms with Crippen LogP contribution in [0, 0.1) is 0 Å². The van der Waals surface area contributed by atoms with Crippen molar-refractivity contribution in [3.8, 4) is 0 Å². The third-order valence-electron chi connectivity index (χ3n) is 3.90. The van der Waals surface area contributed by atoms with E-state index < -0.39 is 0 Å². The normalized spacial score (nSPS) is 19.7. The van der Waals surface area contributed by atoms with E-state index >= 15 is 0 Å². The molecule has 1 aromatic heterocycles. The Labute approximate surface area is 108 Å². The Morgan fingerprint density at radius 2 is 2.11 bits per heavy atom. The summed E-state index contributed by atoms with van der Waals surface area (Å²) < 4.78 is 0. The summed E-state index contributed by atoms with van der Waals surface area (Å²) in [5.41, 5.74) is 6.92. The van der Waals surface area contributed by atoms with E-state index in [9.17, 15) is 0 Å². The molecule has 1 aliphatic heterocycles. The summed E-state index contributed by atoms with van der Waals surface area (Å²) in [7, 11) is 0. The zero-order valence-corrected chi connectivity index (χ0v) is 10.8. The van der Waals surface area contributed by atoms with Crippen LogP contribution in [-0.2, 0) is 6.54 Å². The van der Waals surface area contributed by atoms with Crippen LogP contribution in [0.25, 0.3) is 10.8 Å². The van der Waals surface area contributed by atoms with Gasteiger partial charge in [0, 0.05) is 30.7 Å². The zero-order chi connectivity index (χ0) is 12.5. The van der Waals surface area contributed by atoms with Crippen LogP contribution in [0.3, 0.4) is 0 Å². The van der Waals surface area contributed by atoms with Crippen molar-refractivity contribution in [2.75, 3.05) is 11.4 Å². The van der Waals surface area contributed by atoms with Crippen molar-refractivity contribution in [3.63, 3.8) is 0 Å². The van der Waals surface area contributed by atoms with Crippen LogP contribution in [0.4, 0.5) is 5.82 Å². The Morgan fingerprint density at radius 1 is 1.33 bits per heavy atom. The molecule has 18 heavy (non-hydrogen) atoms. The van der Waals surface area contributed by atoms with Crippen molar-refractivity contribution < 1.29 is 0 Å². The summed E-state index contributed by atoms with van der Waals surface area (Å²) in [6.07, 6.45) is 4.45. The molecule has 0 aliphatic carbocycles. The van der Waals surface area contributed by atoms with Gasteiger partial charge in [-0.2, -0.15) is 0 Å². The lowest BCUT2D eigenvalue weighted by Gasteiger charge is -2.24. The summed E-state index contributed by atoms with van der Waals surface area (Å²) in [6, 6.07) is 9.03. The minimum absolute atomic E-state index is 0.545. The van der Waals surface area contributed by atoms with Crippen molar-refractivity contribution in [2.24, 2.45) is 5.73 Å². The highest BCUT2D eigenvalue weighted by Crippen LogP contribution is 2.31. The SMILES string of the molecule is CC1CCCN1c1ncc(CN)c2ccccc12. The van der Waals surface area contributed by atoms with Crippen molar-refractivity contribution in [1.82, 2.24) is 4.98 Å². The quantitative estimate of drug-likeness (QED) is 0.879. The van der Waals surface area contributed by atoms with E-state index in [-0.39, 0.29) is 0 Å². The number of rotatable bonds is 2. The summed E-state index contributed by atoms with van der Waals surface area (Å²) in [5.74, 6) is 1.12. The fourth-order valence-electron chi connectivity index (χ4n) is 2.88. The Morgan fingerprint density at radius 3 is 2.78 bits per heavy atom. The van der Waals surface area contributed by atoms with Gasteiger partial charge in [-0.25, -0.2) is 4.98 Å². The van der Waals surface area contributed by atoms with Crippen LogP contribution in [0.5, 0.6) is 0 Å². The van der Waals surface area contributed by atoms with Crippen molar-refractivity contribution in [2.45, 2.75) is 32.4 Å². The number of nitrogens with two attached hydrogens (primary N) is 1. The molecule has 2 N–H and O–H groups in total. The van der Waals surface area contributed by atoms with Crippen molar-refractivity contribution >= 4 is 16.6 Å². The first-order valence-electron chi connectivity index (χ1n) is 6.64. The number of anilines is 1. The molecule has 3 rings (SSSR count). The second-order valence-electron chi connectivity index (χ2n) is 5.04. The molecule has 2 heterocycles. The van der Waals surface area contributed by atoms with E-state index in [4.69, 9.17) is 5.73 Å². The molecule has 3 heteroatoms. The van der Waals surface area contributed by atoms with E-state index in [1.54, 1.807) is 0 Å². The molecule has 1 atom stereocenters. The fourth-order valence-corrected chi connectivity index (χ4v) is 2.88. The number of nitrogens with zero attached hydrogens (tertiary/aromatic N) is 2. The lowest BCUT2D eigenvalue weighted by Crippen LogP contribution is -2.27. The number of hydrogen-bond acceptors (Lipinski definition) is 3. The predicted octanol–water partition coefficient (Wildman–Crippen LogP) is 2.68. The van der Waals surface area contributed by atoms with Crippen molar-refractivity contribution in [3.05, 3.63) is 36.0 Å².